The lowest BCUT2D eigenvalue weighted by Gasteiger charge is -2.25. The first-order valence-electron chi connectivity index (χ1n) is 5.76. The van der Waals surface area contributed by atoms with Crippen molar-refractivity contribution in [1.29, 1.82) is 0 Å². The number of carbonyl (C=O) groups excluding carboxylic acids is 1. The zero-order chi connectivity index (χ0) is 14.6. The number of halogens is 3. The first-order valence-corrected chi connectivity index (χ1v) is 5.76. The van der Waals surface area contributed by atoms with Crippen LogP contribution in [0.4, 0.5) is 18.9 Å². The standard InChI is InChI=1S/C12H16F3N3O/c1-8(2)6-18(7-12(13,14)15)11(19)10-4-3-9(16)5-17-10/h3-5,8H,6-7,16H2,1-2H3. The molecule has 1 rings (SSSR count). The number of rotatable bonds is 4. The molecule has 0 radical (unpaired) electrons. The van der Waals surface area contributed by atoms with Gasteiger partial charge >= 0.3 is 6.18 Å². The van der Waals surface area contributed by atoms with E-state index >= 15 is 0 Å². The zero-order valence-corrected chi connectivity index (χ0v) is 10.7. The summed E-state index contributed by atoms with van der Waals surface area (Å²) < 4.78 is 37.4. The Balaban J connectivity index is 2.90. The van der Waals surface area contributed by atoms with Crippen molar-refractivity contribution in [3.63, 3.8) is 0 Å². The first kappa shape index (κ1) is 15.3. The molecule has 2 N–H and O–H groups in total. The molecule has 0 aliphatic rings. The van der Waals surface area contributed by atoms with Crippen LogP contribution in [-0.2, 0) is 0 Å². The molecule has 0 aliphatic carbocycles. The molecular formula is C12H16F3N3O. The molecule has 0 saturated heterocycles. The maximum atomic E-state index is 12.5. The first-order chi connectivity index (χ1) is 8.69. The van der Waals surface area contributed by atoms with E-state index in [9.17, 15) is 18.0 Å². The van der Waals surface area contributed by atoms with Crippen molar-refractivity contribution in [2.45, 2.75) is 20.0 Å². The maximum Gasteiger partial charge on any atom is 0.406 e. The number of nitrogens with two attached hydrogens (primary N) is 1. The third kappa shape index (κ3) is 5.15. The van der Waals surface area contributed by atoms with E-state index in [0.717, 1.165) is 4.90 Å². The molecule has 19 heavy (non-hydrogen) atoms. The second-order valence-electron chi connectivity index (χ2n) is 4.67. The lowest BCUT2D eigenvalue weighted by Crippen LogP contribution is -2.41. The summed E-state index contributed by atoms with van der Waals surface area (Å²) in [5.74, 6) is -0.814. The molecule has 1 aromatic rings. The second kappa shape index (κ2) is 5.90. The fourth-order valence-electron chi connectivity index (χ4n) is 1.57. The SMILES string of the molecule is CC(C)CN(CC(F)(F)F)C(=O)c1ccc(N)cn1. The predicted molar refractivity (Wildman–Crippen MR) is 65.4 cm³/mol. The van der Waals surface area contributed by atoms with Gasteiger partial charge in [-0.3, -0.25) is 4.79 Å². The Morgan fingerprint density at radius 3 is 2.47 bits per heavy atom. The third-order valence-corrected chi connectivity index (χ3v) is 2.25. The molecule has 1 aromatic heterocycles. The molecule has 0 fully saturated rings. The summed E-state index contributed by atoms with van der Waals surface area (Å²) >= 11 is 0. The van der Waals surface area contributed by atoms with Crippen LogP contribution in [0.15, 0.2) is 18.3 Å². The summed E-state index contributed by atoms with van der Waals surface area (Å²) in [6.07, 6.45) is -3.19. The Morgan fingerprint density at radius 1 is 1.42 bits per heavy atom. The molecule has 0 spiro atoms. The van der Waals surface area contributed by atoms with Crippen molar-refractivity contribution in [2.24, 2.45) is 5.92 Å². The minimum Gasteiger partial charge on any atom is -0.397 e. The van der Waals surface area contributed by atoms with Crippen molar-refractivity contribution in [2.75, 3.05) is 18.8 Å². The van der Waals surface area contributed by atoms with Gasteiger partial charge in [0.25, 0.3) is 5.91 Å². The quantitative estimate of drug-likeness (QED) is 0.917. The topological polar surface area (TPSA) is 59.2 Å². The maximum absolute atomic E-state index is 12.5. The Bertz CT molecular complexity index is 429. The molecule has 0 atom stereocenters. The van der Waals surface area contributed by atoms with Gasteiger partial charge in [0.05, 0.1) is 11.9 Å². The fraction of sp³-hybridized carbons (Fsp3) is 0.500. The van der Waals surface area contributed by atoms with Gasteiger partial charge in [-0.15, -0.1) is 0 Å². The minimum absolute atomic E-state index is 0.0183. The lowest BCUT2D eigenvalue weighted by molar-refractivity contribution is -0.141. The van der Waals surface area contributed by atoms with Gasteiger partial charge in [-0.25, -0.2) is 4.98 Å². The summed E-state index contributed by atoms with van der Waals surface area (Å²) in [6.45, 7) is 2.22. The Morgan fingerprint density at radius 2 is 2.05 bits per heavy atom. The number of hydrogen-bond donors (Lipinski definition) is 1. The number of carbonyl (C=O) groups is 1. The smallest absolute Gasteiger partial charge is 0.397 e. The van der Waals surface area contributed by atoms with Crippen LogP contribution < -0.4 is 5.73 Å². The summed E-state index contributed by atoms with van der Waals surface area (Å²) in [4.78, 5) is 16.5. The number of aromatic nitrogens is 1. The average Bonchev–Trinajstić information content (AvgIpc) is 2.25. The van der Waals surface area contributed by atoms with Gasteiger partial charge in [-0.1, -0.05) is 13.8 Å². The van der Waals surface area contributed by atoms with Crippen molar-refractivity contribution >= 4 is 11.6 Å². The van der Waals surface area contributed by atoms with E-state index in [0.29, 0.717) is 5.69 Å². The number of nitrogens with zero attached hydrogens (tertiary/aromatic N) is 2. The van der Waals surface area contributed by atoms with Crippen LogP contribution in [0.25, 0.3) is 0 Å². The fourth-order valence-corrected chi connectivity index (χ4v) is 1.57. The third-order valence-electron chi connectivity index (χ3n) is 2.25. The number of amides is 1. The van der Waals surface area contributed by atoms with Crippen LogP contribution in [0, 0.1) is 5.92 Å². The van der Waals surface area contributed by atoms with Gasteiger partial charge in [0.15, 0.2) is 0 Å². The number of alkyl halides is 3. The molecular weight excluding hydrogens is 259 g/mol. The van der Waals surface area contributed by atoms with E-state index in [1.165, 1.54) is 18.3 Å². The van der Waals surface area contributed by atoms with Crippen LogP contribution in [0.2, 0.25) is 0 Å². The van der Waals surface area contributed by atoms with E-state index in [1.54, 1.807) is 13.8 Å². The van der Waals surface area contributed by atoms with E-state index in [2.05, 4.69) is 4.98 Å². The molecule has 1 heterocycles. The molecule has 1 amide bonds. The van der Waals surface area contributed by atoms with Crippen LogP contribution in [0.5, 0.6) is 0 Å². The molecule has 0 unspecified atom stereocenters. The van der Waals surface area contributed by atoms with Crippen LogP contribution in [0.1, 0.15) is 24.3 Å². The highest BCUT2D eigenvalue weighted by Crippen LogP contribution is 2.19. The van der Waals surface area contributed by atoms with E-state index < -0.39 is 18.6 Å². The summed E-state index contributed by atoms with van der Waals surface area (Å²) in [5, 5.41) is 0. The Labute approximate surface area is 109 Å². The lowest BCUT2D eigenvalue weighted by atomic mass is 10.2. The minimum atomic E-state index is -4.43. The van der Waals surface area contributed by atoms with Crippen molar-refractivity contribution < 1.29 is 18.0 Å². The Hall–Kier alpha value is -1.79. The molecule has 4 nitrogen and oxygen atoms in total. The van der Waals surface area contributed by atoms with E-state index in [-0.39, 0.29) is 18.2 Å². The van der Waals surface area contributed by atoms with Gasteiger partial charge in [-0.2, -0.15) is 13.2 Å². The van der Waals surface area contributed by atoms with Gasteiger partial charge in [-0.05, 0) is 18.1 Å². The largest absolute Gasteiger partial charge is 0.406 e. The highest BCUT2D eigenvalue weighted by Gasteiger charge is 2.33. The second-order valence-corrected chi connectivity index (χ2v) is 4.67. The van der Waals surface area contributed by atoms with Crippen LogP contribution in [0.3, 0.4) is 0 Å². The Kier molecular flexibility index (Phi) is 4.74. The molecule has 7 heteroatoms. The molecule has 0 saturated carbocycles. The van der Waals surface area contributed by atoms with Crippen molar-refractivity contribution in [3.8, 4) is 0 Å². The van der Waals surface area contributed by atoms with Crippen molar-refractivity contribution in [3.05, 3.63) is 24.0 Å². The molecule has 106 valence electrons. The van der Waals surface area contributed by atoms with Gasteiger partial charge < -0.3 is 10.6 Å². The number of hydrogen-bond acceptors (Lipinski definition) is 3. The zero-order valence-electron chi connectivity index (χ0n) is 10.7. The highest BCUT2D eigenvalue weighted by atomic mass is 19.4. The van der Waals surface area contributed by atoms with E-state index in [1.807, 2.05) is 0 Å². The summed E-state index contributed by atoms with van der Waals surface area (Å²) in [7, 11) is 0. The van der Waals surface area contributed by atoms with Crippen LogP contribution >= 0.6 is 0 Å². The predicted octanol–water partition coefficient (Wildman–Crippen LogP) is 2.32. The van der Waals surface area contributed by atoms with Gasteiger partial charge in [0, 0.05) is 6.54 Å². The number of anilines is 1. The highest BCUT2D eigenvalue weighted by molar-refractivity contribution is 5.92. The van der Waals surface area contributed by atoms with Crippen LogP contribution in [-0.4, -0.2) is 35.1 Å². The number of nitrogen functional groups attached to an aromatic ring is 1. The molecule has 0 aromatic carbocycles. The van der Waals surface area contributed by atoms with Gasteiger partial charge in [0.1, 0.15) is 12.2 Å². The molecule has 0 bridgehead atoms. The normalized spacial score (nSPS) is 11.7. The monoisotopic (exact) mass is 275 g/mol. The summed E-state index contributed by atoms with van der Waals surface area (Å²) in [6, 6.07) is 2.75. The van der Waals surface area contributed by atoms with Crippen molar-refractivity contribution in [1.82, 2.24) is 9.88 Å². The number of pyridine rings is 1. The van der Waals surface area contributed by atoms with E-state index in [4.69, 9.17) is 5.73 Å². The average molecular weight is 275 g/mol. The summed E-state index contributed by atoms with van der Waals surface area (Å²) in [5.41, 5.74) is 5.73. The molecule has 0 aliphatic heterocycles. The van der Waals surface area contributed by atoms with Gasteiger partial charge in [0.2, 0.25) is 0 Å².